The second-order valence-corrected chi connectivity index (χ2v) is 7.32. The van der Waals surface area contributed by atoms with Crippen molar-refractivity contribution in [2.24, 2.45) is 0 Å². The Balaban J connectivity index is 1.55. The van der Waals surface area contributed by atoms with Gasteiger partial charge in [-0.1, -0.05) is 18.2 Å². The summed E-state index contributed by atoms with van der Waals surface area (Å²) in [5.74, 6) is -0.568. The SMILES string of the molecule is Cc1cccc(NC(=O)CC(=O)NC[C@@H](c2cccnc2)N2CCCC2)c1C. The van der Waals surface area contributed by atoms with Crippen molar-refractivity contribution in [3.8, 4) is 0 Å². The summed E-state index contributed by atoms with van der Waals surface area (Å²) in [5.41, 5.74) is 3.96. The molecule has 2 aromatic rings. The third-order valence-corrected chi connectivity index (χ3v) is 5.34. The van der Waals surface area contributed by atoms with E-state index >= 15 is 0 Å². The molecule has 2 amide bonds. The van der Waals surface area contributed by atoms with Crippen molar-refractivity contribution in [1.82, 2.24) is 15.2 Å². The number of nitrogens with one attached hydrogen (secondary N) is 2. The third kappa shape index (κ3) is 5.16. The Morgan fingerprint density at radius 2 is 1.89 bits per heavy atom. The van der Waals surface area contributed by atoms with Crippen molar-refractivity contribution >= 4 is 17.5 Å². The molecule has 2 heterocycles. The second kappa shape index (κ2) is 9.46. The number of benzene rings is 1. The number of aryl methyl sites for hydroxylation is 1. The Hall–Kier alpha value is -2.73. The van der Waals surface area contributed by atoms with Gasteiger partial charge in [-0.05, 0) is 68.6 Å². The first kappa shape index (κ1) is 20.0. The zero-order chi connectivity index (χ0) is 19.9. The summed E-state index contributed by atoms with van der Waals surface area (Å²) in [6.45, 7) is 6.46. The van der Waals surface area contributed by atoms with E-state index in [1.165, 1.54) is 12.8 Å². The number of likely N-dealkylation sites (tertiary alicyclic amines) is 1. The third-order valence-electron chi connectivity index (χ3n) is 5.34. The van der Waals surface area contributed by atoms with Crippen LogP contribution in [-0.2, 0) is 9.59 Å². The first-order valence-corrected chi connectivity index (χ1v) is 9.81. The van der Waals surface area contributed by atoms with E-state index in [1.54, 1.807) is 6.20 Å². The maximum absolute atomic E-state index is 12.3. The zero-order valence-corrected chi connectivity index (χ0v) is 16.6. The van der Waals surface area contributed by atoms with E-state index in [1.807, 2.05) is 50.4 Å². The van der Waals surface area contributed by atoms with Crippen LogP contribution in [0, 0.1) is 13.8 Å². The summed E-state index contributed by atoms with van der Waals surface area (Å²) >= 11 is 0. The zero-order valence-electron chi connectivity index (χ0n) is 16.6. The highest BCUT2D eigenvalue weighted by molar-refractivity contribution is 6.03. The van der Waals surface area contributed by atoms with Gasteiger partial charge in [-0.25, -0.2) is 0 Å². The fourth-order valence-corrected chi connectivity index (χ4v) is 3.58. The molecule has 0 aliphatic carbocycles. The fraction of sp³-hybridized carbons (Fsp3) is 0.409. The van der Waals surface area contributed by atoms with Gasteiger partial charge in [0, 0.05) is 24.6 Å². The number of hydrogen-bond donors (Lipinski definition) is 2. The molecule has 1 aromatic heterocycles. The maximum Gasteiger partial charge on any atom is 0.233 e. The average molecular weight is 380 g/mol. The van der Waals surface area contributed by atoms with E-state index in [-0.39, 0.29) is 24.3 Å². The predicted molar refractivity (Wildman–Crippen MR) is 110 cm³/mol. The lowest BCUT2D eigenvalue weighted by Gasteiger charge is -2.27. The minimum atomic E-state index is -0.301. The first-order valence-electron chi connectivity index (χ1n) is 9.81. The lowest BCUT2D eigenvalue weighted by Crippen LogP contribution is -2.38. The standard InChI is InChI=1S/C22H28N4O2/c1-16-7-5-9-19(17(16)2)25-22(28)13-21(27)24-15-20(26-11-3-4-12-26)18-8-6-10-23-14-18/h5-10,14,20H,3-4,11-13,15H2,1-2H3,(H,24,27)(H,25,28)/t20-/m0/s1. The number of pyridine rings is 1. The number of amides is 2. The maximum atomic E-state index is 12.3. The first-order chi connectivity index (χ1) is 13.5. The molecular formula is C22H28N4O2. The Morgan fingerprint density at radius 1 is 1.11 bits per heavy atom. The van der Waals surface area contributed by atoms with Gasteiger partial charge in [0.25, 0.3) is 0 Å². The highest BCUT2D eigenvalue weighted by Gasteiger charge is 2.24. The van der Waals surface area contributed by atoms with E-state index in [2.05, 4.69) is 20.5 Å². The largest absolute Gasteiger partial charge is 0.354 e. The van der Waals surface area contributed by atoms with Crippen molar-refractivity contribution in [3.05, 3.63) is 59.4 Å². The molecule has 28 heavy (non-hydrogen) atoms. The summed E-state index contributed by atoms with van der Waals surface area (Å²) in [5, 5.41) is 5.77. The van der Waals surface area contributed by atoms with Crippen LogP contribution < -0.4 is 10.6 Å². The summed E-state index contributed by atoms with van der Waals surface area (Å²) < 4.78 is 0. The minimum absolute atomic E-state index is 0.0854. The quantitative estimate of drug-likeness (QED) is 0.724. The molecule has 0 unspecified atom stereocenters. The average Bonchev–Trinajstić information content (AvgIpc) is 3.21. The molecule has 3 rings (SSSR count). The smallest absolute Gasteiger partial charge is 0.233 e. The van der Waals surface area contributed by atoms with Gasteiger partial charge in [-0.2, -0.15) is 0 Å². The number of nitrogens with zero attached hydrogens (tertiary/aromatic N) is 2. The normalized spacial score (nSPS) is 15.2. The van der Waals surface area contributed by atoms with Crippen LogP contribution in [0.2, 0.25) is 0 Å². The molecule has 0 bridgehead atoms. The van der Waals surface area contributed by atoms with E-state index in [4.69, 9.17) is 0 Å². The van der Waals surface area contributed by atoms with Crippen molar-refractivity contribution < 1.29 is 9.59 Å². The van der Waals surface area contributed by atoms with Crippen LogP contribution in [0.15, 0.2) is 42.7 Å². The Morgan fingerprint density at radius 3 is 2.61 bits per heavy atom. The van der Waals surface area contributed by atoms with Crippen LogP contribution in [0.3, 0.4) is 0 Å². The fourth-order valence-electron chi connectivity index (χ4n) is 3.58. The number of carbonyl (C=O) groups is 2. The lowest BCUT2D eigenvalue weighted by molar-refractivity contribution is -0.127. The number of carbonyl (C=O) groups excluding carboxylic acids is 2. The van der Waals surface area contributed by atoms with E-state index in [9.17, 15) is 9.59 Å². The highest BCUT2D eigenvalue weighted by atomic mass is 16.2. The van der Waals surface area contributed by atoms with Gasteiger partial charge in [0.1, 0.15) is 6.42 Å². The summed E-state index contributed by atoms with van der Waals surface area (Å²) in [7, 11) is 0. The molecule has 1 aliphatic rings. The number of hydrogen-bond acceptors (Lipinski definition) is 4. The van der Waals surface area contributed by atoms with Gasteiger partial charge < -0.3 is 10.6 Å². The molecular weight excluding hydrogens is 352 g/mol. The lowest BCUT2D eigenvalue weighted by atomic mass is 10.1. The molecule has 0 radical (unpaired) electrons. The van der Waals surface area contributed by atoms with E-state index in [0.29, 0.717) is 6.54 Å². The molecule has 6 nitrogen and oxygen atoms in total. The van der Waals surface area contributed by atoms with Gasteiger partial charge in [-0.15, -0.1) is 0 Å². The Kier molecular flexibility index (Phi) is 6.76. The molecule has 1 aromatic carbocycles. The highest BCUT2D eigenvalue weighted by Crippen LogP contribution is 2.24. The number of rotatable bonds is 7. The molecule has 1 aliphatic heterocycles. The number of aromatic nitrogens is 1. The van der Waals surface area contributed by atoms with E-state index < -0.39 is 0 Å². The molecule has 1 atom stereocenters. The van der Waals surface area contributed by atoms with Crippen LogP contribution in [0.4, 0.5) is 5.69 Å². The summed E-state index contributed by atoms with van der Waals surface area (Å²) in [4.78, 5) is 31.2. The second-order valence-electron chi connectivity index (χ2n) is 7.32. The molecule has 2 N–H and O–H groups in total. The molecule has 148 valence electrons. The topological polar surface area (TPSA) is 74.3 Å². The van der Waals surface area contributed by atoms with Crippen molar-refractivity contribution in [3.63, 3.8) is 0 Å². The summed E-state index contributed by atoms with van der Waals surface area (Å²) in [6, 6.07) is 9.78. The van der Waals surface area contributed by atoms with Crippen LogP contribution in [0.5, 0.6) is 0 Å². The Bertz CT molecular complexity index is 817. The van der Waals surface area contributed by atoms with Crippen LogP contribution in [0.25, 0.3) is 0 Å². The Labute approximate surface area is 166 Å². The summed E-state index contributed by atoms with van der Waals surface area (Å²) in [6.07, 6.45) is 5.75. The molecule has 1 fully saturated rings. The van der Waals surface area contributed by atoms with E-state index in [0.717, 1.165) is 35.5 Å². The van der Waals surface area contributed by atoms with Gasteiger partial charge in [0.15, 0.2) is 0 Å². The van der Waals surface area contributed by atoms with Gasteiger partial charge in [0.05, 0.1) is 6.04 Å². The van der Waals surface area contributed by atoms with Crippen LogP contribution >= 0.6 is 0 Å². The molecule has 0 saturated carbocycles. The van der Waals surface area contributed by atoms with Gasteiger partial charge in [0.2, 0.25) is 11.8 Å². The molecule has 6 heteroatoms. The number of anilines is 1. The van der Waals surface area contributed by atoms with Gasteiger partial charge >= 0.3 is 0 Å². The molecule has 1 saturated heterocycles. The van der Waals surface area contributed by atoms with Crippen LogP contribution in [-0.4, -0.2) is 41.3 Å². The molecule has 0 spiro atoms. The van der Waals surface area contributed by atoms with Crippen molar-refractivity contribution in [2.75, 3.05) is 25.0 Å². The van der Waals surface area contributed by atoms with Crippen molar-refractivity contribution in [2.45, 2.75) is 39.2 Å². The van der Waals surface area contributed by atoms with Gasteiger partial charge in [-0.3, -0.25) is 19.5 Å². The minimum Gasteiger partial charge on any atom is -0.354 e. The van der Waals surface area contributed by atoms with Crippen molar-refractivity contribution in [1.29, 1.82) is 0 Å². The predicted octanol–water partition coefficient (Wildman–Crippen LogP) is 2.98. The monoisotopic (exact) mass is 380 g/mol. The van der Waals surface area contributed by atoms with Crippen LogP contribution in [0.1, 0.15) is 42.0 Å².